The number of aromatic nitrogens is 1. The molecular weight excluding hydrogens is 522 g/mol. The summed E-state index contributed by atoms with van der Waals surface area (Å²) in [7, 11) is 0. The molecule has 0 unspecified atom stereocenters. The van der Waals surface area contributed by atoms with Crippen LogP contribution in [0.3, 0.4) is 0 Å². The number of aliphatic carboxylic acids is 1. The molecule has 1 heterocycles. The molecular formula is C27H23F4N3O3S. The number of amides is 1. The minimum Gasteiger partial charge on any atom is -0.480 e. The van der Waals surface area contributed by atoms with E-state index in [1.165, 1.54) is 30.3 Å². The smallest absolute Gasteiger partial charge is 0.416 e. The molecule has 1 atom stereocenters. The molecule has 0 aliphatic heterocycles. The highest BCUT2D eigenvalue weighted by atomic mass is 32.1. The Morgan fingerprint density at radius 3 is 2.29 bits per heavy atom. The number of nitrogens with one attached hydrogen (secondary N) is 2. The average molecular weight is 546 g/mol. The number of carbonyl (C=O) groups excluding carboxylic acids is 1. The van der Waals surface area contributed by atoms with Gasteiger partial charge >= 0.3 is 12.1 Å². The number of rotatable bonds is 8. The Labute approximate surface area is 219 Å². The van der Waals surface area contributed by atoms with Crippen molar-refractivity contribution in [3.63, 3.8) is 0 Å². The molecule has 0 aliphatic carbocycles. The van der Waals surface area contributed by atoms with Crippen molar-refractivity contribution < 1.29 is 32.3 Å². The number of hydrogen-bond acceptors (Lipinski definition) is 5. The van der Waals surface area contributed by atoms with E-state index in [0.29, 0.717) is 27.8 Å². The van der Waals surface area contributed by atoms with Crippen molar-refractivity contribution in [2.45, 2.75) is 32.5 Å². The highest BCUT2D eigenvalue weighted by Gasteiger charge is 2.30. The third kappa shape index (κ3) is 6.28. The quantitative estimate of drug-likeness (QED) is 0.206. The van der Waals surface area contributed by atoms with Gasteiger partial charge in [0.05, 0.1) is 21.5 Å². The van der Waals surface area contributed by atoms with Crippen molar-refractivity contribution in [3.8, 4) is 11.1 Å². The van der Waals surface area contributed by atoms with Crippen LogP contribution in [0.4, 0.5) is 28.4 Å². The summed E-state index contributed by atoms with van der Waals surface area (Å²) in [5, 5.41) is 14.9. The number of carboxylic acids is 1. The zero-order chi connectivity index (χ0) is 27.6. The molecule has 3 N–H and O–H groups in total. The van der Waals surface area contributed by atoms with Crippen LogP contribution in [0.2, 0.25) is 0 Å². The number of thiazole rings is 1. The first kappa shape index (κ1) is 27.1. The maximum Gasteiger partial charge on any atom is 0.416 e. The van der Waals surface area contributed by atoms with Crippen molar-refractivity contribution >= 4 is 44.2 Å². The first-order valence-electron chi connectivity index (χ1n) is 11.6. The predicted octanol–water partition coefficient (Wildman–Crippen LogP) is 7.09. The lowest BCUT2D eigenvalue weighted by atomic mass is 10.0. The number of carboxylic acid groups (broad SMARTS) is 1. The zero-order valence-electron chi connectivity index (χ0n) is 20.3. The molecule has 198 valence electrons. The molecule has 11 heteroatoms. The summed E-state index contributed by atoms with van der Waals surface area (Å²) in [5.74, 6) is -2.14. The lowest BCUT2D eigenvalue weighted by molar-refractivity contribution is -0.140. The molecule has 0 saturated carbocycles. The number of fused-ring (bicyclic) bond motifs is 1. The molecule has 1 aromatic heterocycles. The Morgan fingerprint density at radius 2 is 1.68 bits per heavy atom. The van der Waals surface area contributed by atoms with Gasteiger partial charge in [0.15, 0.2) is 5.13 Å². The standard InChI is InChI=1S/C27H23F4N3O3S/c1-14(2)11-22(25(36)37)32-24(35)16-5-3-15(4-6-16)17-7-9-20(19(28)12-17)33-26-34-21-10-8-18(27(29,30)31)13-23(21)38-26/h3-10,12-14,22H,11H2,1-2H3,(H,32,35)(H,33,34)(H,36,37)/t22-/m0/s1. The second-order valence-corrected chi connectivity index (χ2v) is 10.1. The number of alkyl halides is 3. The summed E-state index contributed by atoms with van der Waals surface area (Å²) in [6, 6.07) is 13.0. The van der Waals surface area contributed by atoms with E-state index in [2.05, 4.69) is 15.6 Å². The molecule has 4 rings (SSSR count). The molecule has 3 aromatic carbocycles. The summed E-state index contributed by atoms with van der Waals surface area (Å²) < 4.78 is 54.1. The monoisotopic (exact) mass is 545 g/mol. The van der Waals surface area contributed by atoms with Crippen LogP contribution >= 0.6 is 11.3 Å². The van der Waals surface area contributed by atoms with E-state index in [1.54, 1.807) is 18.2 Å². The van der Waals surface area contributed by atoms with Gasteiger partial charge in [-0.2, -0.15) is 13.2 Å². The topological polar surface area (TPSA) is 91.3 Å². The van der Waals surface area contributed by atoms with Crippen molar-refractivity contribution in [2.24, 2.45) is 5.92 Å². The number of carbonyl (C=O) groups is 2. The lowest BCUT2D eigenvalue weighted by Crippen LogP contribution is -2.41. The first-order valence-corrected chi connectivity index (χ1v) is 12.4. The highest BCUT2D eigenvalue weighted by molar-refractivity contribution is 7.22. The predicted molar refractivity (Wildman–Crippen MR) is 138 cm³/mol. The van der Waals surface area contributed by atoms with Crippen LogP contribution in [0, 0.1) is 11.7 Å². The molecule has 0 saturated heterocycles. The Hall–Kier alpha value is -3.99. The van der Waals surface area contributed by atoms with Gasteiger partial charge in [-0.25, -0.2) is 14.2 Å². The fourth-order valence-electron chi connectivity index (χ4n) is 3.81. The maximum atomic E-state index is 14.9. The van der Waals surface area contributed by atoms with Crippen LogP contribution in [0.25, 0.3) is 21.3 Å². The lowest BCUT2D eigenvalue weighted by Gasteiger charge is -2.16. The van der Waals surface area contributed by atoms with E-state index in [4.69, 9.17) is 0 Å². The largest absolute Gasteiger partial charge is 0.480 e. The molecule has 4 aromatic rings. The second-order valence-electron chi connectivity index (χ2n) is 9.09. The van der Waals surface area contributed by atoms with Crippen LogP contribution in [0.1, 0.15) is 36.2 Å². The average Bonchev–Trinajstić information content (AvgIpc) is 3.26. The van der Waals surface area contributed by atoms with Crippen LogP contribution in [-0.4, -0.2) is 28.0 Å². The van der Waals surface area contributed by atoms with E-state index in [-0.39, 0.29) is 22.3 Å². The molecule has 0 aliphatic rings. The van der Waals surface area contributed by atoms with Gasteiger partial charge in [-0.05, 0) is 65.9 Å². The number of nitrogens with zero attached hydrogens (tertiary/aromatic N) is 1. The van der Waals surface area contributed by atoms with Crippen molar-refractivity contribution in [1.82, 2.24) is 10.3 Å². The molecule has 0 fully saturated rings. The van der Waals surface area contributed by atoms with Crippen molar-refractivity contribution in [2.75, 3.05) is 5.32 Å². The van der Waals surface area contributed by atoms with Gasteiger partial charge in [-0.15, -0.1) is 0 Å². The van der Waals surface area contributed by atoms with Gasteiger partial charge in [0.1, 0.15) is 11.9 Å². The fourth-order valence-corrected chi connectivity index (χ4v) is 4.73. The van der Waals surface area contributed by atoms with E-state index in [9.17, 15) is 32.3 Å². The fraction of sp³-hybridized carbons (Fsp3) is 0.222. The summed E-state index contributed by atoms with van der Waals surface area (Å²) in [5.41, 5.74) is 1.12. The van der Waals surface area contributed by atoms with Gasteiger partial charge in [0, 0.05) is 5.56 Å². The number of hydrogen-bond donors (Lipinski definition) is 3. The number of halogens is 4. The SMILES string of the molecule is CC(C)C[C@H](NC(=O)c1ccc(-c2ccc(Nc3nc4ccc(C(F)(F)F)cc4s3)c(F)c2)cc1)C(=O)O. The Balaban J connectivity index is 1.47. The first-order chi connectivity index (χ1) is 17.9. The Bertz CT molecular complexity index is 1480. The van der Waals surface area contributed by atoms with E-state index in [1.807, 2.05) is 13.8 Å². The van der Waals surface area contributed by atoms with Gasteiger partial charge in [0.2, 0.25) is 0 Å². The van der Waals surface area contributed by atoms with Crippen LogP contribution in [-0.2, 0) is 11.0 Å². The second kappa shape index (κ2) is 10.8. The third-order valence-corrected chi connectivity index (χ3v) is 6.65. The third-order valence-electron chi connectivity index (χ3n) is 5.72. The normalized spacial score (nSPS) is 12.5. The summed E-state index contributed by atoms with van der Waals surface area (Å²) in [6.45, 7) is 3.73. The van der Waals surface area contributed by atoms with E-state index >= 15 is 0 Å². The summed E-state index contributed by atoms with van der Waals surface area (Å²) in [6.07, 6.45) is -4.17. The van der Waals surface area contributed by atoms with Crippen LogP contribution in [0.15, 0.2) is 60.7 Å². The van der Waals surface area contributed by atoms with Crippen LogP contribution < -0.4 is 10.6 Å². The minimum absolute atomic E-state index is 0.0861. The number of benzene rings is 3. The van der Waals surface area contributed by atoms with Gasteiger partial charge in [0.25, 0.3) is 5.91 Å². The van der Waals surface area contributed by atoms with Crippen molar-refractivity contribution in [1.29, 1.82) is 0 Å². The highest BCUT2D eigenvalue weighted by Crippen LogP contribution is 2.35. The van der Waals surface area contributed by atoms with Gasteiger partial charge in [-0.1, -0.05) is 43.4 Å². The Kier molecular flexibility index (Phi) is 7.68. The summed E-state index contributed by atoms with van der Waals surface area (Å²) >= 11 is 0.981. The van der Waals surface area contributed by atoms with E-state index in [0.717, 1.165) is 23.5 Å². The molecule has 6 nitrogen and oxygen atoms in total. The summed E-state index contributed by atoms with van der Waals surface area (Å²) in [4.78, 5) is 28.1. The molecule has 0 spiro atoms. The van der Waals surface area contributed by atoms with Gasteiger partial charge in [-0.3, -0.25) is 4.79 Å². The maximum absolute atomic E-state index is 14.9. The molecule has 38 heavy (non-hydrogen) atoms. The zero-order valence-corrected chi connectivity index (χ0v) is 21.1. The van der Waals surface area contributed by atoms with Gasteiger partial charge < -0.3 is 15.7 Å². The Morgan fingerprint density at radius 1 is 1.00 bits per heavy atom. The molecule has 0 bridgehead atoms. The number of anilines is 2. The molecule has 1 amide bonds. The van der Waals surface area contributed by atoms with Crippen LogP contribution in [0.5, 0.6) is 0 Å². The minimum atomic E-state index is -4.47. The van der Waals surface area contributed by atoms with E-state index < -0.39 is 35.5 Å². The van der Waals surface area contributed by atoms with Crippen molar-refractivity contribution in [3.05, 3.63) is 77.6 Å². The molecule has 0 radical (unpaired) electrons.